The maximum Gasteiger partial charge on any atom is 0.0744 e. The minimum atomic E-state index is -0.452. The topological polar surface area (TPSA) is 32.3 Å². The van der Waals surface area contributed by atoms with Gasteiger partial charge in [-0.1, -0.05) is 0 Å². The number of rotatable bonds is 0. The largest absolute Gasteiger partial charge is 0.389 e. The van der Waals surface area contributed by atoms with Gasteiger partial charge in [0, 0.05) is 12.6 Å². The molecule has 2 heteroatoms. The first-order valence-electron chi connectivity index (χ1n) is 3.56. The van der Waals surface area contributed by atoms with E-state index in [2.05, 4.69) is 12.2 Å². The molecular formula is C7H15NO. The van der Waals surface area contributed by atoms with Gasteiger partial charge >= 0.3 is 0 Å². The van der Waals surface area contributed by atoms with Crippen LogP contribution in [-0.4, -0.2) is 23.3 Å². The van der Waals surface area contributed by atoms with Crippen LogP contribution in [0, 0.1) is 0 Å². The lowest BCUT2D eigenvalue weighted by Gasteiger charge is -2.32. The third-order valence-electron chi connectivity index (χ3n) is 1.95. The molecule has 2 unspecified atom stereocenters. The van der Waals surface area contributed by atoms with Crippen molar-refractivity contribution in [3.63, 3.8) is 0 Å². The Morgan fingerprint density at radius 3 is 2.67 bits per heavy atom. The summed E-state index contributed by atoms with van der Waals surface area (Å²) in [5, 5.41) is 12.7. The fourth-order valence-corrected chi connectivity index (χ4v) is 1.11. The third-order valence-corrected chi connectivity index (χ3v) is 1.95. The van der Waals surface area contributed by atoms with Gasteiger partial charge in [-0.3, -0.25) is 0 Å². The van der Waals surface area contributed by atoms with Crippen molar-refractivity contribution in [1.29, 1.82) is 0 Å². The lowest BCUT2D eigenvalue weighted by atomic mass is 9.93. The summed E-state index contributed by atoms with van der Waals surface area (Å²) in [6.07, 6.45) is 2.02. The van der Waals surface area contributed by atoms with Gasteiger partial charge in [0.2, 0.25) is 0 Å². The predicted octanol–water partition coefficient (Wildman–Crippen LogP) is 0.509. The molecule has 0 spiro atoms. The van der Waals surface area contributed by atoms with Crippen molar-refractivity contribution >= 4 is 0 Å². The van der Waals surface area contributed by atoms with Gasteiger partial charge in [-0.15, -0.1) is 0 Å². The first kappa shape index (κ1) is 7.03. The van der Waals surface area contributed by atoms with E-state index in [9.17, 15) is 5.11 Å². The number of piperidine rings is 1. The summed E-state index contributed by atoms with van der Waals surface area (Å²) in [6, 6.07) is 0.588. The molecule has 1 saturated heterocycles. The third kappa shape index (κ3) is 1.95. The molecule has 2 N–H and O–H groups in total. The molecule has 1 fully saturated rings. The molecule has 0 aromatic carbocycles. The Hall–Kier alpha value is -0.0800. The number of β-amino-alcohol motifs (C(OH)–C–C–N with tert-alkyl or cyclic N) is 1. The van der Waals surface area contributed by atoms with Crippen LogP contribution in [0.5, 0.6) is 0 Å². The van der Waals surface area contributed by atoms with Crippen molar-refractivity contribution < 1.29 is 5.11 Å². The van der Waals surface area contributed by atoms with E-state index in [1.807, 2.05) is 6.92 Å². The molecule has 1 aliphatic rings. The van der Waals surface area contributed by atoms with Crippen LogP contribution in [0.1, 0.15) is 26.7 Å². The predicted molar refractivity (Wildman–Crippen MR) is 37.3 cm³/mol. The molecule has 1 heterocycles. The molecule has 0 radical (unpaired) electrons. The van der Waals surface area contributed by atoms with Crippen LogP contribution in [0.25, 0.3) is 0 Å². The van der Waals surface area contributed by atoms with Crippen LogP contribution in [0.4, 0.5) is 0 Å². The fourth-order valence-electron chi connectivity index (χ4n) is 1.11. The Labute approximate surface area is 56.3 Å². The van der Waals surface area contributed by atoms with Gasteiger partial charge in [0.25, 0.3) is 0 Å². The molecule has 0 saturated carbocycles. The average Bonchev–Trinajstić information content (AvgIpc) is 1.78. The van der Waals surface area contributed by atoms with Crippen LogP contribution in [0.3, 0.4) is 0 Å². The molecule has 2 nitrogen and oxygen atoms in total. The highest BCUT2D eigenvalue weighted by molar-refractivity contribution is 4.83. The van der Waals surface area contributed by atoms with Gasteiger partial charge in [0.1, 0.15) is 0 Å². The summed E-state index contributed by atoms with van der Waals surface area (Å²) < 4.78 is 0. The highest BCUT2D eigenvalue weighted by Crippen LogP contribution is 2.17. The smallest absolute Gasteiger partial charge is 0.0744 e. The van der Waals surface area contributed by atoms with Crippen molar-refractivity contribution in [2.24, 2.45) is 0 Å². The van der Waals surface area contributed by atoms with E-state index in [1.165, 1.54) is 0 Å². The quantitative estimate of drug-likeness (QED) is 0.499. The van der Waals surface area contributed by atoms with Crippen LogP contribution in [0.2, 0.25) is 0 Å². The van der Waals surface area contributed by atoms with Crippen molar-refractivity contribution in [1.82, 2.24) is 5.32 Å². The SMILES string of the molecule is CC1CCC(C)(O)CN1. The van der Waals surface area contributed by atoms with Gasteiger partial charge in [-0.25, -0.2) is 0 Å². The minimum absolute atomic E-state index is 0.452. The van der Waals surface area contributed by atoms with Gasteiger partial charge < -0.3 is 10.4 Å². The molecule has 0 aromatic heterocycles. The molecule has 54 valence electrons. The van der Waals surface area contributed by atoms with E-state index in [4.69, 9.17) is 0 Å². The van der Waals surface area contributed by atoms with E-state index in [0.717, 1.165) is 19.4 Å². The summed E-state index contributed by atoms with van der Waals surface area (Å²) >= 11 is 0. The molecular weight excluding hydrogens is 114 g/mol. The molecule has 1 aliphatic heterocycles. The molecule has 0 aromatic rings. The van der Waals surface area contributed by atoms with E-state index in [1.54, 1.807) is 0 Å². The van der Waals surface area contributed by atoms with Crippen LogP contribution in [0.15, 0.2) is 0 Å². The van der Waals surface area contributed by atoms with Crippen LogP contribution >= 0.6 is 0 Å². The Kier molecular flexibility index (Phi) is 1.78. The van der Waals surface area contributed by atoms with Crippen LogP contribution in [-0.2, 0) is 0 Å². The number of hydrogen-bond donors (Lipinski definition) is 2. The highest BCUT2D eigenvalue weighted by atomic mass is 16.3. The summed E-state index contributed by atoms with van der Waals surface area (Å²) in [5.41, 5.74) is -0.452. The Morgan fingerprint density at radius 2 is 2.33 bits per heavy atom. The molecule has 1 rings (SSSR count). The summed E-state index contributed by atoms with van der Waals surface area (Å²) in [4.78, 5) is 0. The van der Waals surface area contributed by atoms with Crippen molar-refractivity contribution in [3.05, 3.63) is 0 Å². The molecule has 0 amide bonds. The lowest BCUT2D eigenvalue weighted by molar-refractivity contribution is 0.0260. The number of aliphatic hydroxyl groups is 1. The van der Waals surface area contributed by atoms with Crippen molar-refractivity contribution in [2.75, 3.05) is 6.54 Å². The standard InChI is InChI=1S/C7H15NO/c1-6-3-4-7(2,9)5-8-6/h6,8-9H,3-5H2,1-2H3. The lowest BCUT2D eigenvalue weighted by Crippen LogP contribution is -2.47. The normalized spacial score (nSPS) is 45.0. The van der Waals surface area contributed by atoms with Gasteiger partial charge in [-0.05, 0) is 26.7 Å². The Balaban J connectivity index is 2.35. The summed E-state index contributed by atoms with van der Waals surface area (Å²) in [6.45, 7) is 4.77. The fraction of sp³-hybridized carbons (Fsp3) is 1.00. The van der Waals surface area contributed by atoms with Gasteiger partial charge in [0.15, 0.2) is 0 Å². The molecule has 0 aliphatic carbocycles. The Morgan fingerprint density at radius 1 is 1.67 bits per heavy atom. The molecule has 2 atom stereocenters. The molecule has 9 heavy (non-hydrogen) atoms. The zero-order valence-corrected chi connectivity index (χ0v) is 6.15. The monoisotopic (exact) mass is 129 g/mol. The van der Waals surface area contributed by atoms with E-state index in [-0.39, 0.29) is 0 Å². The average molecular weight is 129 g/mol. The maximum atomic E-state index is 9.43. The number of nitrogens with one attached hydrogen (secondary N) is 1. The first-order chi connectivity index (χ1) is 4.10. The number of hydrogen-bond acceptors (Lipinski definition) is 2. The van der Waals surface area contributed by atoms with E-state index in [0.29, 0.717) is 6.04 Å². The highest BCUT2D eigenvalue weighted by Gasteiger charge is 2.25. The van der Waals surface area contributed by atoms with Crippen molar-refractivity contribution in [2.45, 2.75) is 38.3 Å². The summed E-state index contributed by atoms with van der Waals surface area (Å²) in [5.74, 6) is 0. The second-order valence-corrected chi connectivity index (χ2v) is 3.32. The second kappa shape index (κ2) is 2.27. The minimum Gasteiger partial charge on any atom is -0.389 e. The van der Waals surface area contributed by atoms with Gasteiger partial charge in [0.05, 0.1) is 5.60 Å². The zero-order valence-electron chi connectivity index (χ0n) is 6.15. The second-order valence-electron chi connectivity index (χ2n) is 3.32. The van der Waals surface area contributed by atoms with E-state index >= 15 is 0 Å². The van der Waals surface area contributed by atoms with Crippen molar-refractivity contribution in [3.8, 4) is 0 Å². The maximum absolute atomic E-state index is 9.43. The van der Waals surface area contributed by atoms with Gasteiger partial charge in [-0.2, -0.15) is 0 Å². The summed E-state index contributed by atoms with van der Waals surface area (Å²) in [7, 11) is 0. The zero-order chi connectivity index (χ0) is 6.91. The van der Waals surface area contributed by atoms with E-state index < -0.39 is 5.60 Å². The Bertz CT molecular complexity index is 91.1. The first-order valence-corrected chi connectivity index (χ1v) is 3.56. The van der Waals surface area contributed by atoms with Crippen LogP contribution < -0.4 is 5.32 Å². The molecule has 0 bridgehead atoms.